The van der Waals surface area contributed by atoms with Gasteiger partial charge < -0.3 is 0 Å². The minimum atomic E-state index is 0.731. The maximum absolute atomic E-state index is 6.22. The van der Waals surface area contributed by atoms with E-state index in [1.54, 1.807) is 11.3 Å². The minimum Gasteiger partial charge on any atom is -0.191 e. The number of thiazole rings is 1. The molecule has 1 aromatic heterocycles. The zero-order valence-corrected chi connectivity index (χ0v) is 19.8. The highest BCUT2D eigenvalue weighted by Gasteiger charge is 2.23. The fourth-order valence-electron chi connectivity index (χ4n) is 3.96. The third-order valence-corrected chi connectivity index (χ3v) is 7.03. The van der Waals surface area contributed by atoms with Crippen LogP contribution >= 0.6 is 34.5 Å². The fraction of sp³-hybridized carbons (Fsp3) is 0.0357. The second-order valence-electron chi connectivity index (χ2n) is 7.65. The Balaban J connectivity index is 1.88. The summed E-state index contributed by atoms with van der Waals surface area (Å²) in [4.78, 5) is 0. The average molecular weight is 473 g/mol. The summed E-state index contributed by atoms with van der Waals surface area (Å²) in [7, 11) is 2.09. The molecule has 0 unspecified atom stereocenters. The normalized spacial score (nSPS) is 11.0. The van der Waals surface area contributed by atoms with E-state index in [0.29, 0.717) is 0 Å². The molecule has 1 nitrogen and oxygen atoms in total. The summed E-state index contributed by atoms with van der Waals surface area (Å²) < 4.78 is 2.18. The molecule has 1 heterocycles. The lowest BCUT2D eigenvalue weighted by Crippen LogP contribution is -2.27. The molecule has 4 aromatic carbocycles. The summed E-state index contributed by atoms with van der Waals surface area (Å²) in [6, 6.07) is 31.2. The van der Waals surface area contributed by atoms with Gasteiger partial charge in [-0.3, -0.25) is 0 Å². The van der Waals surface area contributed by atoms with Crippen molar-refractivity contribution in [2.75, 3.05) is 0 Å². The Morgan fingerprint density at radius 2 is 1.16 bits per heavy atom. The quantitative estimate of drug-likeness (QED) is 0.230. The smallest absolute Gasteiger partial charge is 0.191 e. The van der Waals surface area contributed by atoms with E-state index in [1.165, 1.54) is 32.8 Å². The number of rotatable bonds is 4. The van der Waals surface area contributed by atoms with Gasteiger partial charge in [-0.2, -0.15) is 4.57 Å². The molecule has 5 aromatic rings. The molecule has 0 fully saturated rings. The lowest BCUT2D eigenvalue weighted by atomic mass is 9.88. The zero-order chi connectivity index (χ0) is 22.1. The minimum absolute atomic E-state index is 0.731. The van der Waals surface area contributed by atoms with Crippen LogP contribution in [0.2, 0.25) is 10.0 Å². The summed E-state index contributed by atoms with van der Waals surface area (Å²) in [5.74, 6) is 0. The van der Waals surface area contributed by atoms with Crippen LogP contribution in [0.5, 0.6) is 0 Å². The molecule has 32 heavy (non-hydrogen) atoms. The fourth-order valence-corrected chi connectivity index (χ4v) is 5.15. The Hall–Kier alpha value is -2.91. The van der Waals surface area contributed by atoms with Gasteiger partial charge >= 0.3 is 0 Å². The molecular weight excluding hydrogens is 453 g/mol. The number of halogens is 2. The molecule has 0 aliphatic carbocycles. The van der Waals surface area contributed by atoms with E-state index in [-0.39, 0.29) is 0 Å². The number of hydrogen-bond donors (Lipinski definition) is 0. The largest absolute Gasteiger partial charge is 0.270 e. The summed E-state index contributed by atoms with van der Waals surface area (Å²) in [6.07, 6.45) is 2.10. The maximum Gasteiger partial charge on any atom is 0.270 e. The highest BCUT2D eigenvalue weighted by Crippen LogP contribution is 2.43. The Bertz CT molecular complexity index is 1310. The van der Waals surface area contributed by atoms with Crippen molar-refractivity contribution in [3.05, 3.63) is 113 Å². The van der Waals surface area contributed by atoms with E-state index >= 15 is 0 Å². The first-order valence-electron chi connectivity index (χ1n) is 10.3. The van der Waals surface area contributed by atoms with Crippen molar-refractivity contribution in [2.24, 2.45) is 7.05 Å². The van der Waals surface area contributed by atoms with Crippen molar-refractivity contribution < 1.29 is 4.57 Å². The van der Waals surface area contributed by atoms with Crippen LogP contribution in [0.1, 0.15) is 0 Å². The predicted molar refractivity (Wildman–Crippen MR) is 137 cm³/mol. The van der Waals surface area contributed by atoms with Crippen molar-refractivity contribution in [1.29, 1.82) is 0 Å². The third-order valence-electron chi connectivity index (χ3n) is 5.55. The molecule has 0 aliphatic rings. The third kappa shape index (κ3) is 4.10. The van der Waals surface area contributed by atoms with Crippen LogP contribution in [-0.2, 0) is 7.05 Å². The summed E-state index contributed by atoms with van der Waals surface area (Å²) in [5.41, 5.74) is 8.16. The van der Waals surface area contributed by atoms with Gasteiger partial charge in [-0.15, -0.1) is 0 Å². The zero-order valence-electron chi connectivity index (χ0n) is 17.4. The van der Waals surface area contributed by atoms with Gasteiger partial charge in [0.05, 0.1) is 10.9 Å². The number of aromatic nitrogens is 1. The topological polar surface area (TPSA) is 3.88 Å². The van der Waals surface area contributed by atoms with E-state index in [0.717, 1.165) is 21.2 Å². The molecule has 0 saturated carbocycles. The Morgan fingerprint density at radius 1 is 0.625 bits per heavy atom. The maximum atomic E-state index is 6.22. The molecule has 156 valence electrons. The highest BCUT2D eigenvalue weighted by atomic mass is 35.5. The molecular formula is C28H20Cl2NS+. The molecule has 0 atom stereocenters. The van der Waals surface area contributed by atoms with Crippen LogP contribution in [0.3, 0.4) is 0 Å². The molecule has 0 saturated heterocycles. The van der Waals surface area contributed by atoms with Crippen molar-refractivity contribution in [1.82, 2.24) is 0 Å². The van der Waals surface area contributed by atoms with Gasteiger partial charge in [0.25, 0.3) is 5.01 Å². The van der Waals surface area contributed by atoms with E-state index < -0.39 is 0 Å². The first-order valence-corrected chi connectivity index (χ1v) is 11.9. The average Bonchev–Trinajstić information content (AvgIpc) is 3.25. The lowest BCUT2D eigenvalue weighted by Gasteiger charge is -2.16. The Kier molecular flexibility index (Phi) is 5.84. The number of nitrogens with zero attached hydrogens (tertiary/aromatic N) is 1. The summed E-state index contributed by atoms with van der Waals surface area (Å²) in [5, 5.41) is 4.78. The van der Waals surface area contributed by atoms with Crippen molar-refractivity contribution >= 4 is 34.5 Å². The summed E-state index contributed by atoms with van der Waals surface area (Å²) >= 11 is 14.2. The molecule has 4 heteroatoms. The second kappa shape index (κ2) is 8.91. The van der Waals surface area contributed by atoms with Crippen LogP contribution in [0.25, 0.3) is 44.0 Å². The highest BCUT2D eigenvalue weighted by molar-refractivity contribution is 7.12. The Labute approximate surface area is 202 Å². The van der Waals surface area contributed by atoms with Gasteiger partial charge in [-0.25, -0.2) is 0 Å². The molecule has 0 N–H and O–H groups in total. The van der Waals surface area contributed by atoms with E-state index in [2.05, 4.69) is 83.9 Å². The van der Waals surface area contributed by atoms with Gasteiger partial charge in [0, 0.05) is 10.0 Å². The van der Waals surface area contributed by atoms with Crippen molar-refractivity contribution in [2.45, 2.75) is 0 Å². The molecule has 5 rings (SSSR count). The lowest BCUT2D eigenvalue weighted by molar-refractivity contribution is -0.655. The standard InChI is InChI=1S/C28H20Cl2NS/c1-31-15-16-32-28(31)27-25(20-7-11-23(29)12-8-20)17-22(19-5-3-2-4-6-19)18-26(27)21-9-13-24(30)14-10-21/h2-18H,1H3/q+1. The number of hydrogen-bond acceptors (Lipinski definition) is 1. The summed E-state index contributed by atoms with van der Waals surface area (Å²) in [6.45, 7) is 0. The van der Waals surface area contributed by atoms with Gasteiger partial charge in [0.1, 0.15) is 7.05 Å². The van der Waals surface area contributed by atoms with Gasteiger partial charge in [0.15, 0.2) is 6.20 Å². The van der Waals surface area contributed by atoms with Crippen LogP contribution in [0, 0.1) is 0 Å². The molecule has 0 radical (unpaired) electrons. The predicted octanol–water partition coefficient (Wildman–Crippen LogP) is 8.55. The Morgan fingerprint density at radius 3 is 1.62 bits per heavy atom. The van der Waals surface area contributed by atoms with E-state index in [4.69, 9.17) is 23.2 Å². The SMILES string of the molecule is C[n+]1ccsc1-c1c(-c2ccc(Cl)cc2)cc(-c2ccccc2)cc1-c1ccc(Cl)cc1. The number of aryl methyl sites for hydroxylation is 1. The molecule has 0 bridgehead atoms. The van der Waals surface area contributed by atoms with Crippen molar-refractivity contribution in [3.63, 3.8) is 0 Å². The first kappa shape index (κ1) is 21.0. The number of benzene rings is 4. The molecule has 0 amide bonds. The van der Waals surface area contributed by atoms with Crippen molar-refractivity contribution in [3.8, 4) is 44.0 Å². The van der Waals surface area contributed by atoms with Gasteiger partial charge in [-0.05, 0) is 69.8 Å². The monoisotopic (exact) mass is 472 g/mol. The first-order chi connectivity index (χ1) is 15.6. The van der Waals surface area contributed by atoms with Gasteiger partial charge in [0.2, 0.25) is 0 Å². The van der Waals surface area contributed by atoms with E-state index in [9.17, 15) is 0 Å². The van der Waals surface area contributed by atoms with Crippen LogP contribution < -0.4 is 4.57 Å². The van der Waals surface area contributed by atoms with Crippen LogP contribution in [0.4, 0.5) is 0 Å². The van der Waals surface area contributed by atoms with E-state index in [1.807, 2.05) is 30.3 Å². The van der Waals surface area contributed by atoms with Gasteiger partial charge in [-0.1, -0.05) is 89.1 Å². The second-order valence-corrected chi connectivity index (χ2v) is 9.41. The molecule has 0 aliphatic heterocycles. The van der Waals surface area contributed by atoms with Crippen LogP contribution in [-0.4, -0.2) is 0 Å². The molecule has 0 spiro atoms. The van der Waals surface area contributed by atoms with Crippen LogP contribution in [0.15, 0.2) is 103 Å².